The lowest BCUT2D eigenvalue weighted by atomic mass is 9.89. The first-order valence-electron chi connectivity index (χ1n) is 9.67. The smallest absolute Gasteiger partial charge is 0.254 e. The standard InChI is InChI=1S/C22H24N2O4.ClH/c1-23-10-16-11-24(22(25)15-5-8-19-20(9-15)28-13-27-19)12-18(16)21(23)14-3-6-17(26-2)7-4-14;/h3-9,16,18,21H,10-13H2,1-2H3;1H/t16-,18+,21+;/m0./s1. The highest BCUT2D eigenvalue weighted by Gasteiger charge is 2.47. The average Bonchev–Trinajstić information content (AvgIpc) is 3.41. The van der Waals surface area contributed by atoms with Crippen LogP contribution >= 0.6 is 12.4 Å². The van der Waals surface area contributed by atoms with E-state index in [4.69, 9.17) is 14.2 Å². The molecule has 2 aromatic carbocycles. The highest BCUT2D eigenvalue weighted by molar-refractivity contribution is 5.95. The molecule has 0 N–H and O–H groups in total. The maximum Gasteiger partial charge on any atom is 0.254 e. The number of carbonyl (C=O) groups is 1. The van der Waals surface area contributed by atoms with Gasteiger partial charge in [0.05, 0.1) is 7.11 Å². The number of likely N-dealkylation sites (tertiary alicyclic amines) is 2. The van der Waals surface area contributed by atoms with Crippen LogP contribution in [0, 0.1) is 11.8 Å². The van der Waals surface area contributed by atoms with E-state index >= 15 is 0 Å². The van der Waals surface area contributed by atoms with Crippen molar-refractivity contribution in [2.75, 3.05) is 40.6 Å². The van der Waals surface area contributed by atoms with Crippen molar-refractivity contribution < 1.29 is 19.0 Å². The molecule has 29 heavy (non-hydrogen) atoms. The lowest BCUT2D eigenvalue weighted by Crippen LogP contribution is -2.33. The fourth-order valence-electron chi connectivity index (χ4n) is 4.94. The molecule has 0 unspecified atom stereocenters. The van der Waals surface area contributed by atoms with Gasteiger partial charge < -0.3 is 19.1 Å². The van der Waals surface area contributed by atoms with Gasteiger partial charge in [-0.2, -0.15) is 0 Å². The van der Waals surface area contributed by atoms with E-state index in [2.05, 4.69) is 24.1 Å². The molecule has 2 saturated heterocycles. The first-order chi connectivity index (χ1) is 13.6. The number of ether oxygens (including phenoxy) is 3. The molecule has 3 heterocycles. The second-order valence-electron chi connectivity index (χ2n) is 7.86. The Morgan fingerprint density at radius 2 is 1.79 bits per heavy atom. The molecule has 3 aliphatic heterocycles. The molecule has 0 radical (unpaired) electrons. The van der Waals surface area contributed by atoms with Crippen LogP contribution in [-0.2, 0) is 0 Å². The number of carbonyl (C=O) groups excluding carboxylic acids is 1. The fraction of sp³-hybridized carbons (Fsp3) is 0.409. The first kappa shape index (κ1) is 19.9. The lowest BCUT2D eigenvalue weighted by molar-refractivity contribution is 0.0767. The van der Waals surface area contributed by atoms with Gasteiger partial charge in [0.15, 0.2) is 11.5 Å². The van der Waals surface area contributed by atoms with Crippen LogP contribution in [-0.4, -0.2) is 56.3 Å². The quantitative estimate of drug-likeness (QED) is 0.769. The van der Waals surface area contributed by atoms with Crippen molar-refractivity contribution in [3.05, 3.63) is 53.6 Å². The maximum absolute atomic E-state index is 13.1. The third-order valence-electron chi connectivity index (χ3n) is 6.26. The minimum Gasteiger partial charge on any atom is -0.497 e. The van der Waals surface area contributed by atoms with Gasteiger partial charge in [0.1, 0.15) is 5.75 Å². The number of amides is 1. The van der Waals surface area contributed by atoms with Crippen molar-refractivity contribution >= 4 is 18.3 Å². The summed E-state index contributed by atoms with van der Waals surface area (Å²) in [6.07, 6.45) is 0. The predicted octanol–water partition coefficient (Wildman–Crippen LogP) is 3.22. The SMILES string of the molecule is COc1ccc([C@@H]2[C@@H]3CN(C(=O)c4ccc5c(c4)OCO5)C[C@@H]3CN2C)cc1.Cl. The van der Waals surface area contributed by atoms with Gasteiger partial charge in [-0.15, -0.1) is 12.4 Å². The van der Waals surface area contributed by atoms with E-state index in [1.54, 1.807) is 13.2 Å². The van der Waals surface area contributed by atoms with Crippen molar-refractivity contribution in [1.29, 1.82) is 0 Å². The van der Waals surface area contributed by atoms with E-state index in [0.717, 1.165) is 25.4 Å². The third-order valence-corrected chi connectivity index (χ3v) is 6.26. The lowest BCUT2D eigenvalue weighted by Gasteiger charge is -2.27. The number of fused-ring (bicyclic) bond motifs is 2. The largest absolute Gasteiger partial charge is 0.497 e. The molecule has 0 aromatic heterocycles. The van der Waals surface area contributed by atoms with Crippen LogP contribution in [0.15, 0.2) is 42.5 Å². The summed E-state index contributed by atoms with van der Waals surface area (Å²) < 4.78 is 16.1. The van der Waals surface area contributed by atoms with Crippen LogP contribution in [0.5, 0.6) is 17.2 Å². The number of hydrogen-bond donors (Lipinski definition) is 0. The molecule has 0 saturated carbocycles. The molecule has 154 valence electrons. The van der Waals surface area contributed by atoms with Gasteiger partial charge in [0.2, 0.25) is 6.79 Å². The summed E-state index contributed by atoms with van der Waals surface area (Å²) in [5.41, 5.74) is 1.95. The van der Waals surface area contributed by atoms with Crippen LogP contribution in [0.4, 0.5) is 0 Å². The monoisotopic (exact) mass is 416 g/mol. The highest BCUT2D eigenvalue weighted by atomic mass is 35.5. The van der Waals surface area contributed by atoms with Crippen LogP contribution in [0.2, 0.25) is 0 Å². The molecule has 2 fully saturated rings. The van der Waals surface area contributed by atoms with Gasteiger partial charge in [0, 0.05) is 37.2 Å². The van der Waals surface area contributed by atoms with E-state index < -0.39 is 0 Å². The number of nitrogens with zero attached hydrogens (tertiary/aromatic N) is 2. The highest BCUT2D eigenvalue weighted by Crippen LogP contribution is 2.44. The third kappa shape index (κ3) is 3.40. The van der Waals surface area contributed by atoms with Crippen molar-refractivity contribution in [3.8, 4) is 17.2 Å². The van der Waals surface area contributed by atoms with Crippen LogP contribution in [0.25, 0.3) is 0 Å². The number of methoxy groups -OCH3 is 1. The molecule has 0 bridgehead atoms. The normalized spacial score (nSPS) is 24.9. The summed E-state index contributed by atoms with van der Waals surface area (Å²) in [5.74, 6) is 3.24. The second-order valence-corrected chi connectivity index (χ2v) is 7.86. The Bertz CT molecular complexity index is 904. The van der Waals surface area contributed by atoms with E-state index in [0.29, 0.717) is 34.9 Å². The van der Waals surface area contributed by atoms with Crippen molar-refractivity contribution in [3.63, 3.8) is 0 Å². The molecule has 1 amide bonds. The van der Waals surface area contributed by atoms with Crippen LogP contribution in [0.1, 0.15) is 22.0 Å². The van der Waals surface area contributed by atoms with Crippen LogP contribution < -0.4 is 14.2 Å². The number of hydrogen-bond acceptors (Lipinski definition) is 5. The molecule has 7 heteroatoms. The summed E-state index contributed by atoms with van der Waals surface area (Å²) in [4.78, 5) is 17.5. The summed E-state index contributed by atoms with van der Waals surface area (Å²) in [7, 11) is 3.86. The maximum atomic E-state index is 13.1. The molecule has 0 spiro atoms. The summed E-state index contributed by atoms with van der Waals surface area (Å²) in [6, 6.07) is 14.1. The summed E-state index contributed by atoms with van der Waals surface area (Å²) >= 11 is 0. The van der Waals surface area contributed by atoms with Gasteiger partial charge in [-0.3, -0.25) is 9.69 Å². The number of benzene rings is 2. The zero-order valence-corrected chi connectivity index (χ0v) is 17.4. The number of halogens is 1. The van der Waals surface area contributed by atoms with Crippen LogP contribution in [0.3, 0.4) is 0 Å². The van der Waals surface area contributed by atoms with Gasteiger partial charge in [-0.05, 0) is 48.9 Å². The van der Waals surface area contributed by atoms with E-state index in [9.17, 15) is 4.79 Å². The molecule has 3 aliphatic rings. The Kier molecular flexibility index (Phi) is 5.32. The summed E-state index contributed by atoms with van der Waals surface area (Å²) in [6.45, 7) is 2.80. The van der Waals surface area contributed by atoms with Gasteiger partial charge in [-0.25, -0.2) is 0 Å². The topological polar surface area (TPSA) is 51.2 Å². The molecule has 6 nitrogen and oxygen atoms in total. The molecule has 5 rings (SSSR count). The molecule has 0 aliphatic carbocycles. The summed E-state index contributed by atoms with van der Waals surface area (Å²) in [5, 5.41) is 0. The van der Waals surface area contributed by atoms with Crippen molar-refractivity contribution in [1.82, 2.24) is 9.80 Å². The van der Waals surface area contributed by atoms with E-state index in [1.807, 2.05) is 29.2 Å². The Balaban J connectivity index is 0.00000205. The van der Waals surface area contributed by atoms with E-state index in [1.165, 1.54) is 5.56 Å². The minimum absolute atomic E-state index is 0. The Hall–Kier alpha value is -2.44. The first-order valence-corrected chi connectivity index (χ1v) is 9.67. The molecular weight excluding hydrogens is 392 g/mol. The van der Waals surface area contributed by atoms with E-state index in [-0.39, 0.29) is 25.1 Å². The molecular formula is C22H25ClN2O4. The Morgan fingerprint density at radius 1 is 1.03 bits per heavy atom. The number of rotatable bonds is 3. The second kappa shape index (κ2) is 7.76. The Morgan fingerprint density at radius 3 is 2.55 bits per heavy atom. The molecule has 2 aromatic rings. The minimum atomic E-state index is 0. The van der Waals surface area contributed by atoms with Crippen molar-refractivity contribution in [2.45, 2.75) is 6.04 Å². The zero-order valence-electron chi connectivity index (χ0n) is 16.5. The fourth-order valence-corrected chi connectivity index (χ4v) is 4.94. The average molecular weight is 417 g/mol. The Labute approximate surface area is 176 Å². The van der Waals surface area contributed by atoms with Gasteiger partial charge in [0.25, 0.3) is 5.91 Å². The van der Waals surface area contributed by atoms with Gasteiger partial charge in [-0.1, -0.05) is 12.1 Å². The van der Waals surface area contributed by atoms with Crippen molar-refractivity contribution in [2.24, 2.45) is 11.8 Å². The molecule has 3 atom stereocenters. The zero-order chi connectivity index (χ0) is 19.3. The van der Waals surface area contributed by atoms with Gasteiger partial charge >= 0.3 is 0 Å². The predicted molar refractivity (Wildman–Crippen MR) is 111 cm³/mol.